The highest BCUT2D eigenvalue weighted by Crippen LogP contribution is 2.43. The smallest absolute Gasteiger partial charge is 0.455 e. The standard InChI is InChI=1S/C19H12ClF6NO3/c1-8-9(2)27-12-4-6-14(16(18(21,22)23)15(12)17(8)28)29-13-5-3-10(7-11(13)20)30-19(24,25)26/h3-7H,1-2H3,(H,27,28). The first-order valence-corrected chi connectivity index (χ1v) is 8.62. The van der Waals surface area contributed by atoms with Gasteiger partial charge in [0.1, 0.15) is 22.8 Å². The molecule has 0 saturated heterocycles. The molecule has 0 saturated carbocycles. The molecule has 1 N–H and O–H groups in total. The van der Waals surface area contributed by atoms with Gasteiger partial charge in [-0.15, -0.1) is 13.2 Å². The van der Waals surface area contributed by atoms with Crippen LogP contribution >= 0.6 is 11.6 Å². The van der Waals surface area contributed by atoms with Crippen molar-refractivity contribution < 1.29 is 35.8 Å². The van der Waals surface area contributed by atoms with Gasteiger partial charge in [0, 0.05) is 17.3 Å². The normalized spacial score (nSPS) is 12.3. The number of ether oxygens (including phenoxy) is 2. The topological polar surface area (TPSA) is 51.3 Å². The Morgan fingerprint density at radius 3 is 2.17 bits per heavy atom. The lowest BCUT2D eigenvalue weighted by Crippen LogP contribution is -2.17. The van der Waals surface area contributed by atoms with Gasteiger partial charge in [0.25, 0.3) is 0 Å². The Morgan fingerprint density at radius 2 is 1.60 bits per heavy atom. The highest BCUT2D eigenvalue weighted by Gasteiger charge is 2.38. The predicted octanol–water partition coefficient (Wildman–Crippen LogP) is 6.51. The number of aryl methyl sites for hydroxylation is 1. The van der Waals surface area contributed by atoms with Gasteiger partial charge in [0.15, 0.2) is 5.43 Å². The summed E-state index contributed by atoms with van der Waals surface area (Å²) in [6.45, 7) is 2.94. The first-order valence-electron chi connectivity index (χ1n) is 8.24. The molecule has 0 aliphatic heterocycles. The minimum Gasteiger partial charge on any atom is -0.455 e. The van der Waals surface area contributed by atoms with E-state index in [0.29, 0.717) is 5.69 Å². The number of aromatic nitrogens is 1. The van der Waals surface area contributed by atoms with Crippen LogP contribution in [-0.4, -0.2) is 11.3 Å². The molecule has 0 radical (unpaired) electrons. The Morgan fingerprint density at radius 1 is 0.967 bits per heavy atom. The van der Waals surface area contributed by atoms with Crippen molar-refractivity contribution in [3.8, 4) is 17.2 Å². The second-order valence-electron chi connectivity index (χ2n) is 6.31. The lowest BCUT2D eigenvalue weighted by molar-refractivity contribution is -0.274. The number of aromatic amines is 1. The van der Waals surface area contributed by atoms with Crippen LogP contribution in [0.2, 0.25) is 5.02 Å². The molecule has 3 aromatic rings. The van der Waals surface area contributed by atoms with Crippen molar-refractivity contribution in [1.82, 2.24) is 4.98 Å². The summed E-state index contributed by atoms with van der Waals surface area (Å²) in [4.78, 5) is 15.3. The van der Waals surface area contributed by atoms with E-state index in [1.807, 2.05) is 0 Å². The molecule has 2 aromatic carbocycles. The van der Waals surface area contributed by atoms with Gasteiger partial charge >= 0.3 is 12.5 Å². The van der Waals surface area contributed by atoms with E-state index in [2.05, 4.69) is 9.72 Å². The van der Waals surface area contributed by atoms with Crippen LogP contribution in [0, 0.1) is 13.8 Å². The van der Waals surface area contributed by atoms with Gasteiger partial charge in [0.05, 0.1) is 15.9 Å². The second-order valence-corrected chi connectivity index (χ2v) is 6.71. The third-order valence-corrected chi connectivity index (χ3v) is 4.56. The fourth-order valence-electron chi connectivity index (χ4n) is 2.82. The number of H-pyrrole nitrogens is 1. The Kier molecular flexibility index (Phi) is 5.40. The number of nitrogens with one attached hydrogen (secondary N) is 1. The maximum absolute atomic E-state index is 13.8. The van der Waals surface area contributed by atoms with Gasteiger partial charge in [-0.1, -0.05) is 11.6 Å². The largest absolute Gasteiger partial charge is 0.573 e. The van der Waals surface area contributed by atoms with Crippen LogP contribution in [0.1, 0.15) is 16.8 Å². The lowest BCUT2D eigenvalue weighted by Gasteiger charge is -2.18. The Labute approximate surface area is 170 Å². The number of hydrogen-bond donors (Lipinski definition) is 1. The molecule has 0 spiro atoms. The maximum atomic E-state index is 13.8. The van der Waals surface area contributed by atoms with Gasteiger partial charge < -0.3 is 14.5 Å². The number of fused-ring (bicyclic) bond motifs is 1. The molecule has 1 aromatic heterocycles. The monoisotopic (exact) mass is 451 g/mol. The molecule has 160 valence electrons. The summed E-state index contributed by atoms with van der Waals surface area (Å²) in [7, 11) is 0. The van der Waals surface area contributed by atoms with E-state index in [9.17, 15) is 31.1 Å². The summed E-state index contributed by atoms with van der Waals surface area (Å²) < 4.78 is 87.3. The first-order chi connectivity index (χ1) is 13.8. The number of alkyl halides is 6. The van der Waals surface area contributed by atoms with Gasteiger partial charge in [-0.25, -0.2) is 0 Å². The number of halogens is 7. The molecule has 3 rings (SSSR count). The predicted molar refractivity (Wildman–Crippen MR) is 97.3 cm³/mol. The lowest BCUT2D eigenvalue weighted by atomic mass is 10.0. The number of hydrogen-bond acceptors (Lipinski definition) is 3. The van der Waals surface area contributed by atoms with E-state index in [4.69, 9.17) is 16.3 Å². The number of pyridine rings is 1. The van der Waals surface area contributed by atoms with Crippen LogP contribution in [0.4, 0.5) is 26.3 Å². The minimum atomic E-state index is -4.97. The van der Waals surface area contributed by atoms with E-state index in [0.717, 1.165) is 24.3 Å². The third kappa shape index (κ3) is 4.33. The summed E-state index contributed by atoms with van der Waals surface area (Å²) in [5.41, 5.74) is -1.66. The van der Waals surface area contributed by atoms with Crippen molar-refractivity contribution >= 4 is 22.5 Å². The molecule has 30 heavy (non-hydrogen) atoms. The number of benzene rings is 2. The molecule has 11 heteroatoms. The maximum Gasteiger partial charge on any atom is 0.573 e. The van der Waals surface area contributed by atoms with Crippen molar-refractivity contribution in [1.29, 1.82) is 0 Å². The van der Waals surface area contributed by atoms with Crippen molar-refractivity contribution in [2.24, 2.45) is 0 Å². The van der Waals surface area contributed by atoms with Crippen molar-refractivity contribution in [3.63, 3.8) is 0 Å². The molecule has 0 aliphatic carbocycles. The first kappa shape index (κ1) is 21.8. The van der Waals surface area contributed by atoms with Crippen molar-refractivity contribution in [3.05, 3.63) is 62.4 Å². The van der Waals surface area contributed by atoms with Crippen LogP contribution in [0.15, 0.2) is 35.1 Å². The second kappa shape index (κ2) is 7.42. The molecular formula is C19H12ClF6NO3. The van der Waals surface area contributed by atoms with Crippen molar-refractivity contribution in [2.75, 3.05) is 0 Å². The summed E-state index contributed by atoms with van der Waals surface area (Å²) in [5.74, 6) is -1.75. The molecule has 4 nitrogen and oxygen atoms in total. The highest BCUT2D eigenvalue weighted by atomic mass is 35.5. The average Bonchev–Trinajstić information content (AvgIpc) is 2.60. The van der Waals surface area contributed by atoms with E-state index in [1.54, 1.807) is 6.92 Å². The molecule has 0 unspecified atom stereocenters. The SMILES string of the molecule is Cc1[nH]c2ccc(Oc3ccc(OC(F)(F)F)cc3Cl)c(C(F)(F)F)c2c(=O)c1C. The van der Waals surface area contributed by atoms with Gasteiger partial charge in [-0.05, 0) is 38.1 Å². The molecule has 0 fully saturated rings. The van der Waals surface area contributed by atoms with Crippen LogP contribution in [0.3, 0.4) is 0 Å². The van der Waals surface area contributed by atoms with Crippen LogP contribution < -0.4 is 14.9 Å². The molecule has 0 aliphatic rings. The third-order valence-electron chi connectivity index (χ3n) is 4.26. The summed E-state index contributed by atoms with van der Waals surface area (Å²) in [5, 5.41) is -1.03. The van der Waals surface area contributed by atoms with E-state index in [-0.39, 0.29) is 16.8 Å². The Bertz CT molecular complexity index is 1180. The molecule has 1 heterocycles. The molecule has 0 atom stereocenters. The summed E-state index contributed by atoms with van der Waals surface area (Å²) >= 11 is 5.85. The average molecular weight is 452 g/mol. The zero-order chi connectivity index (χ0) is 22.4. The zero-order valence-electron chi connectivity index (χ0n) is 15.3. The summed E-state index contributed by atoms with van der Waals surface area (Å²) in [6.07, 6.45) is -9.93. The van der Waals surface area contributed by atoms with Crippen molar-refractivity contribution in [2.45, 2.75) is 26.4 Å². The van der Waals surface area contributed by atoms with E-state index in [1.165, 1.54) is 13.0 Å². The van der Waals surface area contributed by atoms with E-state index >= 15 is 0 Å². The minimum absolute atomic E-state index is 0.0391. The van der Waals surface area contributed by atoms with Gasteiger partial charge in [-0.2, -0.15) is 13.2 Å². The van der Waals surface area contributed by atoms with Gasteiger partial charge in [-0.3, -0.25) is 4.79 Å². The fourth-order valence-corrected chi connectivity index (χ4v) is 3.03. The van der Waals surface area contributed by atoms with Gasteiger partial charge in [0.2, 0.25) is 0 Å². The quantitative estimate of drug-likeness (QED) is 0.462. The van der Waals surface area contributed by atoms with Crippen LogP contribution in [0.5, 0.6) is 17.2 Å². The molecule has 0 bridgehead atoms. The summed E-state index contributed by atoms with van der Waals surface area (Å²) in [6, 6.07) is 4.75. The highest BCUT2D eigenvalue weighted by molar-refractivity contribution is 6.32. The molecule has 0 amide bonds. The Balaban J connectivity index is 2.14. The Hall–Kier alpha value is -2.88. The van der Waals surface area contributed by atoms with Crippen LogP contribution in [0.25, 0.3) is 10.9 Å². The van der Waals surface area contributed by atoms with E-state index < -0.39 is 45.4 Å². The number of rotatable bonds is 3. The fraction of sp³-hybridized carbons (Fsp3) is 0.211. The molecular weight excluding hydrogens is 440 g/mol. The zero-order valence-corrected chi connectivity index (χ0v) is 16.0. The van der Waals surface area contributed by atoms with Crippen LogP contribution in [-0.2, 0) is 6.18 Å².